The summed E-state index contributed by atoms with van der Waals surface area (Å²) >= 11 is 5.65. The molecule has 1 aromatic rings. The van der Waals surface area contributed by atoms with E-state index in [1.165, 1.54) is 46.3 Å². The van der Waals surface area contributed by atoms with Gasteiger partial charge in [-0.05, 0) is 54.2 Å². The maximum atomic E-state index is 3.72. The van der Waals surface area contributed by atoms with Gasteiger partial charge in [0.15, 0.2) is 0 Å². The minimum absolute atomic E-state index is 0.563. The van der Waals surface area contributed by atoms with Crippen molar-refractivity contribution in [2.24, 2.45) is 5.92 Å². The molecular weight excluding hydrogens is 294 g/mol. The van der Waals surface area contributed by atoms with E-state index in [2.05, 4.69) is 41.2 Å². The van der Waals surface area contributed by atoms with Crippen LogP contribution in [-0.4, -0.2) is 6.54 Å². The third-order valence-corrected chi connectivity index (χ3v) is 5.67. The molecule has 1 nitrogen and oxygen atoms in total. The van der Waals surface area contributed by atoms with Crippen molar-refractivity contribution in [2.45, 2.75) is 52.0 Å². The first-order valence-electron chi connectivity index (χ1n) is 6.70. The first kappa shape index (κ1) is 13.6. The maximum absolute atomic E-state index is 3.72. The quantitative estimate of drug-likeness (QED) is 0.774. The molecule has 1 aliphatic rings. The first-order valence-corrected chi connectivity index (χ1v) is 8.31. The van der Waals surface area contributed by atoms with Crippen LogP contribution in [0.5, 0.6) is 0 Å². The van der Waals surface area contributed by atoms with Gasteiger partial charge in [0.05, 0.1) is 0 Å². The van der Waals surface area contributed by atoms with Crippen molar-refractivity contribution >= 4 is 27.3 Å². The Labute approximate surface area is 117 Å². The molecule has 96 valence electrons. The first-order chi connectivity index (χ1) is 8.20. The van der Waals surface area contributed by atoms with Crippen molar-refractivity contribution in [1.82, 2.24) is 5.32 Å². The number of nitrogens with one attached hydrogen (secondary N) is 1. The second-order valence-corrected chi connectivity index (χ2v) is 7.25. The van der Waals surface area contributed by atoms with Crippen LogP contribution in [0.15, 0.2) is 10.5 Å². The van der Waals surface area contributed by atoms with Gasteiger partial charge in [-0.2, -0.15) is 0 Å². The van der Waals surface area contributed by atoms with Crippen molar-refractivity contribution in [3.63, 3.8) is 0 Å². The van der Waals surface area contributed by atoms with Gasteiger partial charge in [0.25, 0.3) is 0 Å². The minimum atomic E-state index is 0.563. The van der Waals surface area contributed by atoms with Crippen LogP contribution in [0.3, 0.4) is 0 Å². The van der Waals surface area contributed by atoms with Gasteiger partial charge in [-0.1, -0.05) is 26.2 Å². The summed E-state index contributed by atoms with van der Waals surface area (Å²) in [6, 6.07) is 2.81. The van der Waals surface area contributed by atoms with Gasteiger partial charge in [0, 0.05) is 20.3 Å². The van der Waals surface area contributed by atoms with Crippen molar-refractivity contribution in [3.05, 3.63) is 20.3 Å². The molecular formula is C14H22BrNS. The van der Waals surface area contributed by atoms with Gasteiger partial charge in [-0.3, -0.25) is 0 Å². The summed E-state index contributed by atoms with van der Waals surface area (Å²) in [6.45, 7) is 5.56. The number of rotatable bonds is 6. The fourth-order valence-electron chi connectivity index (χ4n) is 2.40. The molecule has 1 aromatic heterocycles. The van der Waals surface area contributed by atoms with Crippen LogP contribution >= 0.6 is 27.3 Å². The van der Waals surface area contributed by atoms with E-state index in [1.54, 1.807) is 0 Å². The van der Waals surface area contributed by atoms with Crippen molar-refractivity contribution in [2.75, 3.05) is 6.54 Å². The second-order valence-electron chi connectivity index (χ2n) is 5.11. The van der Waals surface area contributed by atoms with Gasteiger partial charge < -0.3 is 5.32 Å². The lowest BCUT2D eigenvalue weighted by molar-refractivity contribution is 0.262. The Morgan fingerprint density at radius 1 is 1.53 bits per heavy atom. The predicted molar refractivity (Wildman–Crippen MR) is 79.7 cm³/mol. The molecule has 3 heteroatoms. The molecule has 1 heterocycles. The van der Waals surface area contributed by atoms with E-state index in [4.69, 9.17) is 0 Å². The maximum Gasteiger partial charge on any atom is 0.0428 e. The standard InChI is InChI=1S/C14H22BrNS/c1-3-7-16-13(9-11-5-4-6-11)14-12(15)8-10(2)17-14/h8,11,13,16H,3-7,9H2,1-2H3. The molecule has 0 bridgehead atoms. The summed E-state index contributed by atoms with van der Waals surface area (Å²) < 4.78 is 1.30. The molecule has 1 aliphatic carbocycles. The third kappa shape index (κ3) is 3.55. The second kappa shape index (κ2) is 6.35. The Kier molecular flexibility index (Phi) is 5.07. The molecule has 0 amide bonds. The highest BCUT2D eigenvalue weighted by molar-refractivity contribution is 9.10. The van der Waals surface area contributed by atoms with Gasteiger partial charge in [-0.15, -0.1) is 11.3 Å². The van der Waals surface area contributed by atoms with Crippen molar-refractivity contribution < 1.29 is 0 Å². The summed E-state index contributed by atoms with van der Waals surface area (Å²) in [7, 11) is 0. The van der Waals surface area contributed by atoms with Crippen LogP contribution in [0.25, 0.3) is 0 Å². The topological polar surface area (TPSA) is 12.0 Å². The van der Waals surface area contributed by atoms with Gasteiger partial charge in [-0.25, -0.2) is 0 Å². The van der Waals surface area contributed by atoms with E-state index in [0.29, 0.717) is 6.04 Å². The van der Waals surface area contributed by atoms with Crippen molar-refractivity contribution in [3.8, 4) is 0 Å². The summed E-state index contributed by atoms with van der Waals surface area (Å²) in [5.41, 5.74) is 0. The average molecular weight is 316 g/mol. The van der Waals surface area contributed by atoms with Crippen molar-refractivity contribution in [1.29, 1.82) is 0 Å². The monoisotopic (exact) mass is 315 g/mol. The molecule has 0 aliphatic heterocycles. The normalized spacial score (nSPS) is 18.1. The smallest absolute Gasteiger partial charge is 0.0428 e. The summed E-state index contributed by atoms with van der Waals surface area (Å²) in [4.78, 5) is 2.91. The molecule has 0 radical (unpaired) electrons. The van der Waals surface area contributed by atoms with Crippen LogP contribution in [-0.2, 0) is 0 Å². The zero-order valence-electron chi connectivity index (χ0n) is 10.8. The highest BCUT2D eigenvalue weighted by atomic mass is 79.9. The molecule has 1 unspecified atom stereocenters. The van der Waals surface area contributed by atoms with Gasteiger partial charge in [0.1, 0.15) is 0 Å². The van der Waals surface area contributed by atoms with Crippen LogP contribution in [0.4, 0.5) is 0 Å². The Morgan fingerprint density at radius 2 is 2.29 bits per heavy atom. The van der Waals surface area contributed by atoms with E-state index in [0.717, 1.165) is 12.5 Å². The molecule has 1 saturated carbocycles. The summed E-state index contributed by atoms with van der Waals surface area (Å²) in [6.07, 6.45) is 6.84. The Bertz CT molecular complexity index is 357. The van der Waals surface area contributed by atoms with E-state index < -0.39 is 0 Å². The molecule has 1 fully saturated rings. The van der Waals surface area contributed by atoms with E-state index in [9.17, 15) is 0 Å². The lowest BCUT2D eigenvalue weighted by atomic mass is 9.80. The van der Waals surface area contributed by atoms with Gasteiger partial charge >= 0.3 is 0 Å². The fourth-order valence-corrected chi connectivity index (χ4v) is 4.42. The zero-order chi connectivity index (χ0) is 12.3. The predicted octanol–water partition coefficient (Wildman–Crippen LogP) is 5.05. The van der Waals surface area contributed by atoms with E-state index in [1.807, 2.05) is 11.3 Å². The summed E-state index contributed by atoms with van der Waals surface area (Å²) in [5.74, 6) is 0.957. The molecule has 0 spiro atoms. The average Bonchev–Trinajstić information content (AvgIpc) is 2.56. The van der Waals surface area contributed by atoms with Crippen LogP contribution in [0.2, 0.25) is 0 Å². The molecule has 2 rings (SSSR count). The Balaban J connectivity index is 2.04. The Hall–Kier alpha value is 0.140. The highest BCUT2D eigenvalue weighted by Crippen LogP contribution is 2.39. The lowest BCUT2D eigenvalue weighted by Crippen LogP contribution is -2.26. The largest absolute Gasteiger partial charge is 0.309 e. The minimum Gasteiger partial charge on any atom is -0.309 e. The number of hydrogen-bond acceptors (Lipinski definition) is 2. The Morgan fingerprint density at radius 3 is 2.76 bits per heavy atom. The van der Waals surface area contributed by atoms with Crippen LogP contribution in [0, 0.1) is 12.8 Å². The molecule has 1 atom stereocenters. The SMILES string of the molecule is CCCNC(CC1CCC1)c1sc(C)cc1Br. The highest BCUT2D eigenvalue weighted by Gasteiger charge is 2.24. The van der Waals surface area contributed by atoms with E-state index in [-0.39, 0.29) is 0 Å². The molecule has 1 N–H and O–H groups in total. The van der Waals surface area contributed by atoms with Crippen LogP contribution in [0.1, 0.15) is 54.8 Å². The van der Waals surface area contributed by atoms with E-state index >= 15 is 0 Å². The number of aryl methyl sites for hydroxylation is 1. The third-order valence-electron chi connectivity index (χ3n) is 3.59. The molecule has 17 heavy (non-hydrogen) atoms. The van der Waals surface area contributed by atoms with Crippen LogP contribution < -0.4 is 5.32 Å². The number of thiophene rings is 1. The summed E-state index contributed by atoms with van der Waals surface area (Å²) in [5, 5.41) is 3.72. The molecule has 0 aromatic carbocycles. The zero-order valence-corrected chi connectivity index (χ0v) is 13.2. The number of halogens is 1. The number of hydrogen-bond donors (Lipinski definition) is 1. The fraction of sp³-hybridized carbons (Fsp3) is 0.714. The van der Waals surface area contributed by atoms with Gasteiger partial charge in [0.2, 0.25) is 0 Å². The lowest BCUT2D eigenvalue weighted by Gasteiger charge is -2.30. The molecule has 0 saturated heterocycles.